The first-order valence-corrected chi connectivity index (χ1v) is 16.0. The first kappa shape index (κ1) is 28.6. The number of benzene rings is 1. The summed E-state index contributed by atoms with van der Waals surface area (Å²) in [7, 11) is -2.13. The minimum Gasteiger partial charge on any atom is -0.409 e. The minimum absolute atomic E-state index is 0.0215. The van der Waals surface area contributed by atoms with Crippen molar-refractivity contribution < 1.29 is 23.5 Å². The molecule has 0 radical (unpaired) electrons. The van der Waals surface area contributed by atoms with E-state index in [-0.39, 0.29) is 35.0 Å². The molecule has 1 amide bonds. The van der Waals surface area contributed by atoms with Gasteiger partial charge in [0.15, 0.2) is 20.8 Å². The standard InChI is InChI=1S/C27H40N4O6Si/c1-18(32)28-23-13-14-30(26(33)29-23)24-15-21(31(36-24)16-20-11-9-8-10-12-20)25-22(17-34-19(2)35-25)37-38(6,7)27(3,4)5/h8-14,19,21-22,24-25H,15-17H2,1-7H3,(H,28,29,32,33)/t19-,21+,22-,24-,25+/m1/s1. The van der Waals surface area contributed by atoms with E-state index in [4.69, 9.17) is 18.7 Å². The maximum absolute atomic E-state index is 12.9. The summed E-state index contributed by atoms with van der Waals surface area (Å²) >= 11 is 0. The third-order valence-electron chi connectivity index (χ3n) is 7.54. The molecule has 0 aliphatic carbocycles. The van der Waals surface area contributed by atoms with Crippen molar-refractivity contribution in [3.63, 3.8) is 0 Å². The highest BCUT2D eigenvalue weighted by atomic mass is 28.4. The third-order valence-corrected chi connectivity index (χ3v) is 12.0. The van der Waals surface area contributed by atoms with Crippen LogP contribution in [0.2, 0.25) is 18.1 Å². The van der Waals surface area contributed by atoms with E-state index in [1.54, 1.807) is 12.3 Å². The van der Waals surface area contributed by atoms with E-state index in [1.807, 2.05) is 42.3 Å². The van der Waals surface area contributed by atoms with Crippen molar-refractivity contribution in [2.45, 2.75) is 96.5 Å². The largest absolute Gasteiger partial charge is 0.409 e. The van der Waals surface area contributed by atoms with E-state index in [0.29, 0.717) is 19.6 Å². The van der Waals surface area contributed by atoms with Crippen LogP contribution in [0.4, 0.5) is 5.82 Å². The van der Waals surface area contributed by atoms with Gasteiger partial charge in [-0.25, -0.2) is 4.79 Å². The minimum atomic E-state index is -2.13. The summed E-state index contributed by atoms with van der Waals surface area (Å²) in [5.74, 6) is -0.0849. The van der Waals surface area contributed by atoms with Gasteiger partial charge in [-0.15, -0.1) is 0 Å². The van der Waals surface area contributed by atoms with Crippen LogP contribution >= 0.6 is 0 Å². The number of carbonyl (C=O) groups is 1. The van der Waals surface area contributed by atoms with E-state index in [2.05, 4.69) is 44.2 Å². The van der Waals surface area contributed by atoms with Crippen LogP contribution in [-0.2, 0) is 30.1 Å². The van der Waals surface area contributed by atoms with E-state index < -0.39 is 26.5 Å². The quantitative estimate of drug-likeness (QED) is 0.521. The number of anilines is 1. The number of nitrogens with zero attached hydrogens (tertiary/aromatic N) is 3. The Morgan fingerprint density at radius 1 is 1.21 bits per heavy atom. The fourth-order valence-electron chi connectivity index (χ4n) is 4.53. The molecular formula is C27H40N4O6Si. The molecule has 2 fully saturated rings. The van der Waals surface area contributed by atoms with Gasteiger partial charge in [-0.05, 0) is 36.7 Å². The highest BCUT2D eigenvalue weighted by Crippen LogP contribution is 2.41. The van der Waals surface area contributed by atoms with Crippen molar-refractivity contribution in [3.05, 3.63) is 58.6 Å². The Balaban J connectivity index is 1.64. The Hall–Kier alpha value is -2.41. The van der Waals surface area contributed by atoms with E-state index in [1.165, 1.54) is 11.5 Å². The van der Waals surface area contributed by atoms with Gasteiger partial charge in [-0.1, -0.05) is 51.1 Å². The number of rotatable bonds is 7. The summed E-state index contributed by atoms with van der Waals surface area (Å²) in [6.45, 7) is 15.3. The lowest BCUT2D eigenvalue weighted by atomic mass is 10.0. The van der Waals surface area contributed by atoms with E-state index >= 15 is 0 Å². The van der Waals surface area contributed by atoms with Crippen LogP contribution < -0.4 is 11.0 Å². The number of ether oxygens (including phenoxy) is 2. The molecule has 5 atom stereocenters. The predicted molar refractivity (Wildman–Crippen MR) is 146 cm³/mol. The molecule has 2 aliphatic heterocycles. The van der Waals surface area contributed by atoms with Crippen molar-refractivity contribution in [1.29, 1.82) is 0 Å². The van der Waals surface area contributed by atoms with Crippen molar-refractivity contribution in [1.82, 2.24) is 14.6 Å². The summed E-state index contributed by atoms with van der Waals surface area (Å²) in [6, 6.07) is 11.4. The molecule has 0 bridgehead atoms. The zero-order valence-corrected chi connectivity index (χ0v) is 24.3. The third kappa shape index (κ3) is 6.59. The van der Waals surface area contributed by atoms with Crippen LogP contribution in [0, 0.1) is 0 Å². The maximum Gasteiger partial charge on any atom is 0.351 e. The van der Waals surface area contributed by atoms with Crippen molar-refractivity contribution in [3.8, 4) is 0 Å². The predicted octanol–water partition coefficient (Wildman–Crippen LogP) is 4.06. The second-order valence-electron chi connectivity index (χ2n) is 11.5. The summed E-state index contributed by atoms with van der Waals surface area (Å²) in [4.78, 5) is 34.7. The molecule has 1 N–H and O–H groups in total. The van der Waals surface area contributed by atoms with Gasteiger partial charge in [-0.2, -0.15) is 10.0 Å². The van der Waals surface area contributed by atoms with Crippen molar-refractivity contribution in [2.24, 2.45) is 0 Å². The summed E-state index contributed by atoms with van der Waals surface area (Å²) in [6.07, 6.45) is 0.496. The van der Waals surface area contributed by atoms with Crippen LogP contribution in [-0.4, -0.2) is 60.0 Å². The van der Waals surface area contributed by atoms with Crippen LogP contribution in [0.3, 0.4) is 0 Å². The fourth-order valence-corrected chi connectivity index (χ4v) is 5.84. The molecule has 38 heavy (non-hydrogen) atoms. The average molecular weight is 545 g/mol. The molecule has 2 saturated heterocycles. The average Bonchev–Trinajstić information content (AvgIpc) is 3.22. The topological polar surface area (TPSA) is 104 Å². The van der Waals surface area contributed by atoms with Gasteiger partial charge in [0.05, 0.1) is 18.8 Å². The SMILES string of the molecule is CC(=O)Nc1ccn([C@H]2C[C@@H]([C@@H]3O[C@H](C)OC[C@H]3O[Si](C)(C)C(C)(C)C)N(Cc3ccccc3)O2)c(=O)n1. The molecule has 0 unspecified atom stereocenters. The number of amides is 1. The number of aromatic nitrogens is 2. The molecule has 11 heteroatoms. The Labute approximate surface area is 225 Å². The second-order valence-corrected chi connectivity index (χ2v) is 16.3. The fraction of sp³-hybridized carbons (Fsp3) is 0.593. The normalized spacial score (nSPS) is 26.9. The maximum atomic E-state index is 12.9. The molecule has 4 rings (SSSR count). The van der Waals surface area contributed by atoms with E-state index in [0.717, 1.165) is 5.56 Å². The molecule has 0 spiro atoms. The van der Waals surface area contributed by atoms with Crippen LogP contribution in [0.25, 0.3) is 0 Å². The lowest BCUT2D eigenvalue weighted by Crippen LogP contribution is -2.57. The van der Waals surface area contributed by atoms with E-state index in [9.17, 15) is 9.59 Å². The van der Waals surface area contributed by atoms with Crippen LogP contribution in [0.15, 0.2) is 47.4 Å². The Bertz CT molecular complexity index is 1170. The number of carbonyl (C=O) groups excluding carboxylic acids is 1. The number of hydrogen-bond donors (Lipinski definition) is 1. The monoisotopic (exact) mass is 544 g/mol. The Morgan fingerprint density at radius 3 is 2.55 bits per heavy atom. The van der Waals surface area contributed by atoms with Gasteiger partial charge >= 0.3 is 5.69 Å². The van der Waals surface area contributed by atoms with Gasteiger partial charge in [0.1, 0.15) is 11.9 Å². The zero-order valence-electron chi connectivity index (χ0n) is 23.3. The molecule has 1 aromatic carbocycles. The van der Waals surface area contributed by atoms with Crippen molar-refractivity contribution >= 4 is 20.0 Å². The molecule has 0 saturated carbocycles. The molecular weight excluding hydrogens is 504 g/mol. The molecule has 2 aromatic rings. The van der Waals surface area contributed by atoms with Gasteiger partial charge in [0.2, 0.25) is 5.91 Å². The van der Waals surface area contributed by atoms with Gasteiger partial charge in [0.25, 0.3) is 0 Å². The molecule has 10 nitrogen and oxygen atoms in total. The van der Waals surface area contributed by atoms with Gasteiger partial charge in [-0.3, -0.25) is 14.2 Å². The molecule has 1 aromatic heterocycles. The molecule has 3 heterocycles. The molecule has 208 valence electrons. The summed E-state index contributed by atoms with van der Waals surface area (Å²) in [5.41, 5.74) is 0.573. The first-order valence-electron chi connectivity index (χ1n) is 13.1. The number of hydroxylamine groups is 2. The van der Waals surface area contributed by atoms with Crippen LogP contribution in [0.1, 0.15) is 52.8 Å². The summed E-state index contributed by atoms with van der Waals surface area (Å²) < 4.78 is 20.5. The first-order chi connectivity index (χ1) is 17.8. The molecule has 2 aliphatic rings. The Morgan fingerprint density at radius 2 is 1.92 bits per heavy atom. The van der Waals surface area contributed by atoms with Crippen LogP contribution in [0.5, 0.6) is 0 Å². The lowest BCUT2D eigenvalue weighted by Gasteiger charge is -2.45. The van der Waals surface area contributed by atoms with Crippen molar-refractivity contribution in [2.75, 3.05) is 11.9 Å². The van der Waals surface area contributed by atoms with Gasteiger partial charge < -0.3 is 19.2 Å². The van der Waals surface area contributed by atoms with Gasteiger partial charge in [0, 0.05) is 26.1 Å². The smallest absolute Gasteiger partial charge is 0.351 e. The lowest BCUT2D eigenvalue weighted by molar-refractivity contribution is -0.274. The zero-order chi connectivity index (χ0) is 27.7. The highest BCUT2D eigenvalue weighted by Gasteiger charge is 2.49. The second kappa shape index (κ2) is 11.4. The summed E-state index contributed by atoms with van der Waals surface area (Å²) in [5, 5.41) is 4.47. The number of nitrogens with one attached hydrogen (secondary N) is 1. The Kier molecular flexibility index (Phi) is 8.55. The number of hydrogen-bond acceptors (Lipinski definition) is 8. The highest BCUT2D eigenvalue weighted by molar-refractivity contribution is 6.74.